The molecule has 1 atom stereocenters. The van der Waals surface area contributed by atoms with E-state index in [0.717, 1.165) is 10.7 Å². The second-order valence-electron chi connectivity index (χ2n) is 5.54. The molecule has 0 aromatic carbocycles. The highest BCUT2D eigenvalue weighted by Gasteiger charge is 2.20. The van der Waals surface area contributed by atoms with E-state index < -0.39 is 9.84 Å². The number of nitrogens with one attached hydrogen (secondary N) is 1. The molecule has 0 bridgehead atoms. The van der Waals surface area contributed by atoms with E-state index in [4.69, 9.17) is 5.84 Å². The van der Waals surface area contributed by atoms with Gasteiger partial charge < -0.3 is 0 Å². The van der Waals surface area contributed by atoms with Gasteiger partial charge in [0.05, 0.1) is 16.5 Å². The lowest BCUT2D eigenvalue weighted by molar-refractivity contribution is 0.539. The van der Waals surface area contributed by atoms with E-state index in [2.05, 4.69) is 31.2 Å². The van der Waals surface area contributed by atoms with Gasteiger partial charge in [0.1, 0.15) is 9.84 Å². The average Bonchev–Trinajstić information content (AvgIpc) is 2.62. The molecule has 5 nitrogen and oxygen atoms in total. The lowest BCUT2D eigenvalue weighted by atomic mass is 9.93. The predicted molar refractivity (Wildman–Crippen MR) is 75.3 cm³/mol. The molecule has 0 aliphatic heterocycles. The van der Waals surface area contributed by atoms with Crippen molar-refractivity contribution in [2.45, 2.75) is 38.6 Å². The number of rotatable bonds is 5. The van der Waals surface area contributed by atoms with Crippen LogP contribution in [0.5, 0.6) is 0 Å². The van der Waals surface area contributed by atoms with Gasteiger partial charge in [-0.15, -0.1) is 11.3 Å². The lowest BCUT2D eigenvalue weighted by Gasteiger charge is -2.15. The predicted octanol–water partition coefficient (Wildman–Crippen LogP) is 0.860. The van der Waals surface area contributed by atoms with Gasteiger partial charge in [-0.3, -0.25) is 11.3 Å². The Morgan fingerprint density at radius 1 is 1.50 bits per heavy atom. The van der Waals surface area contributed by atoms with E-state index in [1.807, 2.05) is 5.38 Å². The Labute approximate surface area is 113 Å². The fourth-order valence-electron chi connectivity index (χ4n) is 1.49. The summed E-state index contributed by atoms with van der Waals surface area (Å²) >= 11 is 1.54. The van der Waals surface area contributed by atoms with Crippen molar-refractivity contribution in [1.29, 1.82) is 0 Å². The van der Waals surface area contributed by atoms with Crippen molar-refractivity contribution in [3.8, 4) is 0 Å². The molecule has 0 amide bonds. The maximum Gasteiger partial charge on any atom is 0.149 e. The summed E-state index contributed by atoms with van der Waals surface area (Å²) in [6.45, 7) is 6.29. The highest BCUT2D eigenvalue weighted by Crippen LogP contribution is 2.24. The number of hydrogen-bond acceptors (Lipinski definition) is 6. The van der Waals surface area contributed by atoms with E-state index in [1.165, 1.54) is 6.26 Å². The van der Waals surface area contributed by atoms with Crippen LogP contribution in [0.3, 0.4) is 0 Å². The van der Waals surface area contributed by atoms with Crippen LogP contribution in [0.1, 0.15) is 31.5 Å². The molecule has 7 heteroatoms. The molecule has 3 N–H and O–H groups in total. The van der Waals surface area contributed by atoms with E-state index in [-0.39, 0.29) is 17.2 Å². The van der Waals surface area contributed by atoms with Crippen LogP contribution in [-0.4, -0.2) is 31.5 Å². The molecule has 0 saturated heterocycles. The zero-order valence-electron chi connectivity index (χ0n) is 11.2. The van der Waals surface area contributed by atoms with Gasteiger partial charge in [0.15, 0.2) is 0 Å². The molecule has 0 saturated carbocycles. The molecule has 1 rings (SSSR count). The third-order valence-electron chi connectivity index (χ3n) is 2.48. The van der Waals surface area contributed by atoms with Gasteiger partial charge in [0.2, 0.25) is 0 Å². The third kappa shape index (κ3) is 5.01. The molecular weight excluding hydrogens is 270 g/mol. The monoisotopic (exact) mass is 291 g/mol. The Kier molecular flexibility index (Phi) is 4.88. The smallest absolute Gasteiger partial charge is 0.149 e. The van der Waals surface area contributed by atoms with Crippen LogP contribution < -0.4 is 11.3 Å². The number of hydrazine groups is 1. The summed E-state index contributed by atoms with van der Waals surface area (Å²) in [5.41, 5.74) is 3.58. The minimum atomic E-state index is -3.04. The van der Waals surface area contributed by atoms with Gasteiger partial charge in [-0.25, -0.2) is 13.4 Å². The summed E-state index contributed by atoms with van der Waals surface area (Å²) in [7, 11) is -3.04. The van der Waals surface area contributed by atoms with E-state index >= 15 is 0 Å². The quantitative estimate of drug-likeness (QED) is 0.621. The first-order chi connectivity index (χ1) is 8.12. The van der Waals surface area contributed by atoms with Crippen molar-refractivity contribution < 1.29 is 8.42 Å². The number of nitrogens with zero attached hydrogens (tertiary/aromatic N) is 1. The summed E-state index contributed by atoms with van der Waals surface area (Å²) in [4.78, 5) is 4.53. The fourth-order valence-corrected chi connectivity index (χ4v) is 3.54. The summed E-state index contributed by atoms with van der Waals surface area (Å²) in [6, 6.07) is -0.293. The van der Waals surface area contributed by atoms with Crippen LogP contribution in [0.4, 0.5) is 0 Å². The molecule has 1 unspecified atom stereocenters. The third-order valence-corrected chi connectivity index (χ3v) is 4.36. The molecule has 0 aliphatic carbocycles. The van der Waals surface area contributed by atoms with Gasteiger partial charge in [-0.05, 0) is 0 Å². The Morgan fingerprint density at radius 2 is 2.11 bits per heavy atom. The van der Waals surface area contributed by atoms with Crippen molar-refractivity contribution in [1.82, 2.24) is 10.4 Å². The molecule has 104 valence electrons. The largest absolute Gasteiger partial charge is 0.271 e. The molecule has 0 fully saturated rings. The Bertz CT molecular complexity index is 489. The van der Waals surface area contributed by atoms with Crippen molar-refractivity contribution in [3.05, 3.63) is 16.1 Å². The topological polar surface area (TPSA) is 85.1 Å². The van der Waals surface area contributed by atoms with Crippen LogP contribution in [0.15, 0.2) is 5.38 Å². The Hall–Kier alpha value is -0.500. The van der Waals surface area contributed by atoms with Crippen molar-refractivity contribution >= 4 is 21.2 Å². The van der Waals surface area contributed by atoms with Gasteiger partial charge in [-0.1, -0.05) is 20.8 Å². The van der Waals surface area contributed by atoms with Crippen molar-refractivity contribution in [3.63, 3.8) is 0 Å². The summed E-state index contributed by atoms with van der Waals surface area (Å²) in [5, 5.41) is 2.93. The van der Waals surface area contributed by atoms with Crippen LogP contribution in [0, 0.1) is 0 Å². The maximum absolute atomic E-state index is 11.2. The van der Waals surface area contributed by atoms with Gasteiger partial charge in [0.25, 0.3) is 0 Å². The highest BCUT2D eigenvalue weighted by molar-refractivity contribution is 7.90. The number of hydrogen-bond donors (Lipinski definition) is 2. The van der Waals surface area contributed by atoms with E-state index in [1.54, 1.807) is 11.3 Å². The number of thiazole rings is 1. The second kappa shape index (κ2) is 5.64. The van der Waals surface area contributed by atoms with Gasteiger partial charge in [0, 0.05) is 29.5 Å². The molecule has 0 aliphatic rings. The molecule has 0 radical (unpaired) electrons. The number of sulfone groups is 1. The summed E-state index contributed by atoms with van der Waals surface area (Å²) in [6.07, 6.45) is 1.74. The van der Waals surface area contributed by atoms with E-state index in [9.17, 15) is 8.42 Å². The molecule has 0 spiro atoms. The van der Waals surface area contributed by atoms with Gasteiger partial charge in [-0.2, -0.15) is 0 Å². The van der Waals surface area contributed by atoms with Crippen molar-refractivity contribution in [2.24, 2.45) is 5.84 Å². The fraction of sp³-hybridized carbons (Fsp3) is 0.727. The minimum absolute atomic E-state index is 0.0111. The zero-order chi connectivity index (χ0) is 14.0. The van der Waals surface area contributed by atoms with Crippen LogP contribution in [0.25, 0.3) is 0 Å². The Morgan fingerprint density at radius 3 is 2.50 bits per heavy atom. The van der Waals surface area contributed by atoms with E-state index in [0.29, 0.717) is 6.42 Å². The Balaban J connectivity index is 2.74. The molecule has 18 heavy (non-hydrogen) atoms. The zero-order valence-corrected chi connectivity index (χ0v) is 12.9. The maximum atomic E-state index is 11.2. The van der Waals surface area contributed by atoms with Crippen molar-refractivity contribution in [2.75, 3.05) is 12.0 Å². The first kappa shape index (κ1) is 15.6. The number of aromatic nitrogens is 1. The van der Waals surface area contributed by atoms with Crippen LogP contribution >= 0.6 is 11.3 Å². The first-order valence-electron chi connectivity index (χ1n) is 5.70. The number of nitrogens with two attached hydrogens (primary N) is 1. The van der Waals surface area contributed by atoms with Crippen LogP contribution in [-0.2, 0) is 21.7 Å². The summed E-state index contributed by atoms with van der Waals surface area (Å²) < 4.78 is 22.5. The van der Waals surface area contributed by atoms with Gasteiger partial charge >= 0.3 is 0 Å². The van der Waals surface area contributed by atoms with Crippen LogP contribution in [0.2, 0.25) is 0 Å². The SMILES string of the molecule is CC(C)(C)c1csc(CC(CS(C)(=O)=O)NN)n1. The molecule has 1 aromatic heterocycles. The summed E-state index contributed by atoms with van der Waals surface area (Å²) in [5.74, 6) is 5.40. The highest BCUT2D eigenvalue weighted by atomic mass is 32.2. The first-order valence-corrected chi connectivity index (χ1v) is 8.64. The minimum Gasteiger partial charge on any atom is -0.271 e. The average molecular weight is 291 g/mol. The second-order valence-corrected chi connectivity index (χ2v) is 8.66. The lowest BCUT2D eigenvalue weighted by Crippen LogP contribution is -2.41. The molecule has 1 heterocycles. The normalized spacial score (nSPS) is 14.7. The molecule has 1 aromatic rings. The standard InChI is InChI=1S/C11H21N3O2S2/c1-11(2,3)9-6-17-10(13-9)5-8(14-12)7-18(4,15)16/h6,8,14H,5,7,12H2,1-4H3. The molecular formula is C11H21N3O2S2.